The van der Waals surface area contributed by atoms with E-state index >= 15 is 0 Å². The van der Waals surface area contributed by atoms with E-state index in [4.69, 9.17) is 27.9 Å². The van der Waals surface area contributed by atoms with E-state index in [2.05, 4.69) is 20.6 Å². The summed E-state index contributed by atoms with van der Waals surface area (Å²) in [6.07, 6.45) is 0. The summed E-state index contributed by atoms with van der Waals surface area (Å²) in [7, 11) is 1.66. The molecule has 0 saturated carbocycles. The number of aromatic nitrogens is 2. The van der Waals surface area contributed by atoms with Gasteiger partial charge in [0.2, 0.25) is 5.95 Å². The smallest absolute Gasteiger partial charge is 0.229 e. The lowest BCUT2D eigenvalue weighted by molar-refractivity contribution is 0.410. The Kier molecular flexibility index (Phi) is 5.69. The molecule has 0 saturated heterocycles. The minimum absolute atomic E-state index is 0.426. The van der Waals surface area contributed by atoms with Gasteiger partial charge in [0.15, 0.2) is 0 Å². The molecule has 4 rings (SSSR count). The molecule has 0 unspecified atom stereocenters. The van der Waals surface area contributed by atoms with E-state index in [1.54, 1.807) is 25.3 Å². The second-order valence-corrected chi connectivity index (χ2v) is 7.17. The lowest BCUT2D eigenvalue weighted by atomic mass is 10.2. The van der Waals surface area contributed by atoms with E-state index in [1.807, 2.05) is 48.5 Å². The van der Waals surface area contributed by atoms with Crippen LogP contribution in [0.25, 0.3) is 10.9 Å². The Hall–Kier alpha value is -3.02. The zero-order valence-electron chi connectivity index (χ0n) is 15.6. The summed E-state index contributed by atoms with van der Waals surface area (Å²) in [5.74, 6) is 1.96. The molecule has 0 fully saturated rings. The van der Waals surface area contributed by atoms with Gasteiger partial charge in [0.05, 0.1) is 23.3 Å². The highest BCUT2D eigenvalue weighted by Crippen LogP contribution is 2.30. The first kappa shape index (κ1) is 19.3. The van der Waals surface area contributed by atoms with Crippen molar-refractivity contribution in [1.29, 1.82) is 0 Å². The normalized spacial score (nSPS) is 10.7. The van der Waals surface area contributed by atoms with Crippen LogP contribution in [0.2, 0.25) is 10.0 Å². The van der Waals surface area contributed by atoms with Gasteiger partial charge in [-0.2, -0.15) is 4.98 Å². The molecule has 0 aliphatic heterocycles. The topological polar surface area (TPSA) is 59.1 Å². The number of methoxy groups -OCH3 is 1. The third kappa shape index (κ3) is 4.36. The van der Waals surface area contributed by atoms with Crippen LogP contribution in [0.3, 0.4) is 0 Å². The molecule has 0 aliphatic carbocycles. The highest BCUT2D eigenvalue weighted by Gasteiger charge is 2.10. The highest BCUT2D eigenvalue weighted by molar-refractivity contribution is 6.35. The van der Waals surface area contributed by atoms with Crippen LogP contribution in [0.15, 0.2) is 66.7 Å². The highest BCUT2D eigenvalue weighted by atomic mass is 35.5. The third-order valence-electron chi connectivity index (χ3n) is 4.42. The molecule has 5 nitrogen and oxygen atoms in total. The monoisotopic (exact) mass is 424 g/mol. The molecule has 146 valence electrons. The Morgan fingerprint density at radius 2 is 1.72 bits per heavy atom. The van der Waals surface area contributed by atoms with Crippen molar-refractivity contribution in [3.05, 3.63) is 82.3 Å². The molecule has 0 bridgehead atoms. The van der Waals surface area contributed by atoms with Crippen molar-refractivity contribution in [3.63, 3.8) is 0 Å². The van der Waals surface area contributed by atoms with Crippen LogP contribution >= 0.6 is 23.2 Å². The Bertz CT molecular complexity index is 1170. The maximum absolute atomic E-state index is 6.27. The fourth-order valence-corrected chi connectivity index (χ4v) is 3.35. The van der Waals surface area contributed by atoms with Crippen molar-refractivity contribution < 1.29 is 4.74 Å². The SMILES string of the molecule is COc1ccccc1CNc1nc(Nc2cc(Cl)ccc2Cl)nc2ccccc12. The summed E-state index contributed by atoms with van der Waals surface area (Å²) in [6, 6.07) is 20.9. The van der Waals surface area contributed by atoms with E-state index < -0.39 is 0 Å². The first-order valence-electron chi connectivity index (χ1n) is 8.98. The van der Waals surface area contributed by atoms with Crippen LogP contribution in [0.4, 0.5) is 17.5 Å². The van der Waals surface area contributed by atoms with Gasteiger partial charge in [0.1, 0.15) is 11.6 Å². The molecular weight excluding hydrogens is 407 g/mol. The number of ether oxygens (including phenoxy) is 1. The van der Waals surface area contributed by atoms with E-state index in [0.29, 0.717) is 34.0 Å². The summed E-state index contributed by atoms with van der Waals surface area (Å²) < 4.78 is 5.44. The van der Waals surface area contributed by atoms with Gasteiger partial charge >= 0.3 is 0 Å². The number of benzene rings is 3. The van der Waals surface area contributed by atoms with Crippen LogP contribution in [0.5, 0.6) is 5.75 Å². The predicted molar refractivity (Wildman–Crippen MR) is 120 cm³/mol. The summed E-state index contributed by atoms with van der Waals surface area (Å²) in [4.78, 5) is 9.26. The fourth-order valence-electron chi connectivity index (χ4n) is 3.01. The molecule has 1 heterocycles. The molecule has 7 heteroatoms. The Morgan fingerprint density at radius 1 is 0.931 bits per heavy atom. The van der Waals surface area contributed by atoms with Crippen molar-refractivity contribution in [2.24, 2.45) is 0 Å². The van der Waals surface area contributed by atoms with Crippen LogP contribution in [-0.2, 0) is 6.54 Å². The van der Waals surface area contributed by atoms with E-state index in [-0.39, 0.29) is 0 Å². The number of hydrogen-bond acceptors (Lipinski definition) is 5. The van der Waals surface area contributed by atoms with Crippen LogP contribution in [0, 0.1) is 0 Å². The van der Waals surface area contributed by atoms with Gasteiger partial charge in [-0.05, 0) is 36.4 Å². The maximum Gasteiger partial charge on any atom is 0.229 e. The van der Waals surface area contributed by atoms with E-state index in [1.165, 1.54) is 0 Å². The van der Waals surface area contributed by atoms with Crippen molar-refractivity contribution in [1.82, 2.24) is 9.97 Å². The lowest BCUT2D eigenvalue weighted by Gasteiger charge is -2.14. The number of nitrogens with one attached hydrogen (secondary N) is 2. The molecule has 0 radical (unpaired) electrons. The van der Waals surface area contributed by atoms with Crippen molar-refractivity contribution in [2.45, 2.75) is 6.54 Å². The zero-order valence-corrected chi connectivity index (χ0v) is 17.1. The molecule has 0 aliphatic rings. The van der Waals surface area contributed by atoms with Gasteiger partial charge < -0.3 is 15.4 Å². The lowest BCUT2D eigenvalue weighted by Crippen LogP contribution is -2.06. The predicted octanol–water partition coefficient (Wildman–Crippen LogP) is 6.30. The second kappa shape index (κ2) is 8.55. The van der Waals surface area contributed by atoms with Crippen molar-refractivity contribution in [2.75, 3.05) is 17.7 Å². The van der Waals surface area contributed by atoms with Gasteiger partial charge in [-0.1, -0.05) is 53.5 Å². The van der Waals surface area contributed by atoms with Crippen LogP contribution < -0.4 is 15.4 Å². The molecule has 1 aromatic heterocycles. The summed E-state index contributed by atoms with van der Waals surface area (Å²) in [5, 5.41) is 8.60. The number of fused-ring (bicyclic) bond motifs is 1. The standard InChI is InChI=1S/C22H18Cl2N4O/c1-29-20-9-5-2-6-14(20)13-25-21-16-7-3-4-8-18(16)26-22(28-21)27-19-12-15(23)10-11-17(19)24/h2-12H,13H2,1H3,(H2,25,26,27,28). The first-order valence-corrected chi connectivity index (χ1v) is 9.74. The number of halogens is 2. The third-order valence-corrected chi connectivity index (χ3v) is 4.98. The van der Waals surface area contributed by atoms with Crippen molar-refractivity contribution >= 4 is 51.6 Å². The van der Waals surface area contributed by atoms with Gasteiger partial charge in [-0.15, -0.1) is 0 Å². The average Bonchev–Trinajstić information content (AvgIpc) is 2.75. The Morgan fingerprint density at radius 3 is 2.59 bits per heavy atom. The minimum atomic E-state index is 0.426. The van der Waals surface area contributed by atoms with Gasteiger partial charge in [0, 0.05) is 22.5 Å². The fraction of sp³-hybridized carbons (Fsp3) is 0.0909. The molecular formula is C22H18Cl2N4O. The average molecular weight is 425 g/mol. The number of rotatable bonds is 6. The van der Waals surface area contributed by atoms with Gasteiger partial charge in [-0.3, -0.25) is 0 Å². The van der Waals surface area contributed by atoms with Crippen LogP contribution in [0.1, 0.15) is 5.56 Å². The zero-order chi connectivity index (χ0) is 20.2. The molecule has 3 aromatic carbocycles. The maximum atomic E-state index is 6.27. The molecule has 4 aromatic rings. The molecule has 0 spiro atoms. The van der Waals surface area contributed by atoms with E-state index in [0.717, 1.165) is 22.2 Å². The number of nitrogens with zero attached hydrogens (tertiary/aromatic N) is 2. The van der Waals surface area contributed by atoms with Crippen molar-refractivity contribution in [3.8, 4) is 5.75 Å². The summed E-state index contributed by atoms with van der Waals surface area (Å²) in [5.41, 5.74) is 2.49. The molecule has 2 N–H and O–H groups in total. The van der Waals surface area contributed by atoms with Gasteiger partial charge in [-0.25, -0.2) is 4.98 Å². The van der Waals surface area contributed by atoms with E-state index in [9.17, 15) is 0 Å². The number of hydrogen-bond donors (Lipinski definition) is 2. The summed E-state index contributed by atoms with van der Waals surface area (Å²) in [6.45, 7) is 0.558. The Balaban J connectivity index is 1.68. The van der Waals surface area contributed by atoms with Gasteiger partial charge in [0.25, 0.3) is 0 Å². The number of para-hydroxylation sites is 2. The first-order chi connectivity index (χ1) is 14.1. The second-order valence-electron chi connectivity index (χ2n) is 6.33. The Labute approximate surface area is 178 Å². The molecule has 0 amide bonds. The largest absolute Gasteiger partial charge is 0.496 e. The summed E-state index contributed by atoms with van der Waals surface area (Å²) >= 11 is 12.4. The van der Waals surface area contributed by atoms with Crippen LogP contribution in [-0.4, -0.2) is 17.1 Å². The molecule has 29 heavy (non-hydrogen) atoms. The number of anilines is 3. The minimum Gasteiger partial charge on any atom is -0.496 e. The molecule has 0 atom stereocenters. The quantitative estimate of drug-likeness (QED) is 0.380.